The van der Waals surface area contributed by atoms with E-state index in [-0.39, 0.29) is 6.10 Å². The number of nitrogens with zero attached hydrogens (tertiary/aromatic N) is 6. The van der Waals surface area contributed by atoms with E-state index in [0.717, 1.165) is 64.9 Å². The Bertz CT molecular complexity index is 1320. The van der Waals surface area contributed by atoms with Crippen LogP contribution in [0.15, 0.2) is 61.2 Å². The SMILES string of the molecule is CC1CN(Cc2cnc(-c3cccc(-c4cccc(-c5cnc(CN6CC(O)C6)cn5)c4Cl)c3Cl)cn2)C1. The zero-order valence-electron chi connectivity index (χ0n) is 21.1. The Balaban J connectivity index is 1.24. The molecule has 9 heteroatoms. The summed E-state index contributed by atoms with van der Waals surface area (Å²) in [6, 6.07) is 11.7. The second kappa shape index (κ2) is 10.7. The molecule has 0 aliphatic carbocycles. The Labute approximate surface area is 232 Å². The van der Waals surface area contributed by atoms with E-state index in [9.17, 15) is 5.11 Å². The first-order valence-electron chi connectivity index (χ1n) is 12.8. The number of rotatable bonds is 7. The third-order valence-electron chi connectivity index (χ3n) is 7.10. The quantitative estimate of drug-likeness (QED) is 0.341. The Morgan fingerprint density at radius 2 is 1.13 bits per heavy atom. The molecule has 194 valence electrons. The van der Waals surface area contributed by atoms with Crippen LogP contribution in [0.25, 0.3) is 33.6 Å². The van der Waals surface area contributed by atoms with Gasteiger partial charge in [-0.25, -0.2) is 0 Å². The number of β-amino-alcohol motifs (C(OH)–C–C–N with tert-alkyl or cyclic N) is 1. The van der Waals surface area contributed by atoms with Crippen molar-refractivity contribution in [3.8, 4) is 33.6 Å². The maximum absolute atomic E-state index is 9.49. The molecule has 2 aliphatic heterocycles. The van der Waals surface area contributed by atoms with Gasteiger partial charge in [0.05, 0.1) is 63.7 Å². The van der Waals surface area contributed by atoms with Gasteiger partial charge in [0, 0.05) is 61.5 Å². The smallest absolute Gasteiger partial charge is 0.0900 e. The van der Waals surface area contributed by atoms with Gasteiger partial charge in [-0.1, -0.05) is 66.5 Å². The number of likely N-dealkylation sites (tertiary alicyclic amines) is 2. The molecule has 2 fully saturated rings. The van der Waals surface area contributed by atoms with Crippen LogP contribution in [0.5, 0.6) is 0 Å². The van der Waals surface area contributed by atoms with E-state index in [2.05, 4.69) is 36.7 Å². The minimum Gasteiger partial charge on any atom is -0.390 e. The summed E-state index contributed by atoms with van der Waals surface area (Å²) < 4.78 is 0. The summed E-state index contributed by atoms with van der Waals surface area (Å²) in [5, 5.41) is 10.6. The highest BCUT2D eigenvalue weighted by Crippen LogP contribution is 2.41. The molecule has 4 aromatic rings. The molecule has 0 atom stereocenters. The predicted molar refractivity (Wildman–Crippen MR) is 150 cm³/mol. The maximum atomic E-state index is 9.49. The first-order chi connectivity index (χ1) is 18.4. The minimum absolute atomic E-state index is 0.236. The summed E-state index contributed by atoms with van der Waals surface area (Å²) in [6.45, 7) is 7.30. The van der Waals surface area contributed by atoms with Crippen molar-refractivity contribution in [2.45, 2.75) is 26.1 Å². The standard InChI is InChI=1S/C29H28Cl2N6O/c1-18-12-36(13-18)14-19-8-34-26(10-32-19)24-6-2-4-22(28(24)30)23-5-3-7-25(29(23)31)27-11-33-20(9-35-27)15-37-16-21(38)17-37/h2-11,18,21,38H,12-17H2,1H3. The van der Waals surface area contributed by atoms with Crippen LogP contribution >= 0.6 is 23.2 Å². The van der Waals surface area contributed by atoms with E-state index in [1.165, 1.54) is 0 Å². The van der Waals surface area contributed by atoms with E-state index in [1.54, 1.807) is 18.6 Å². The summed E-state index contributed by atoms with van der Waals surface area (Å²) in [6.07, 6.45) is 6.90. The van der Waals surface area contributed by atoms with Crippen molar-refractivity contribution >= 4 is 23.2 Å². The number of aliphatic hydroxyl groups excluding tert-OH is 1. The second-order valence-electron chi connectivity index (χ2n) is 10.3. The van der Waals surface area contributed by atoms with E-state index >= 15 is 0 Å². The fourth-order valence-corrected chi connectivity index (χ4v) is 5.76. The molecular weight excluding hydrogens is 519 g/mol. The topological polar surface area (TPSA) is 78.3 Å². The second-order valence-corrected chi connectivity index (χ2v) is 11.0. The van der Waals surface area contributed by atoms with Gasteiger partial charge in [0.1, 0.15) is 0 Å². The van der Waals surface area contributed by atoms with Crippen molar-refractivity contribution in [1.29, 1.82) is 0 Å². The Kier molecular flexibility index (Phi) is 7.12. The maximum Gasteiger partial charge on any atom is 0.0900 e. The van der Waals surface area contributed by atoms with Crippen LogP contribution in [-0.4, -0.2) is 67.1 Å². The van der Waals surface area contributed by atoms with Crippen LogP contribution < -0.4 is 0 Å². The van der Waals surface area contributed by atoms with Crippen molar-refractivity contribution in [2.24, 2.45) is 5.92 Å². The number of benzene rings is 2. The molecule has 0 amide bonds. The van der Waals surface area contributed by atoms with Gasteiger partial charge in [-0.05, 0) is 5.92 Å². The van der Waals surface area contributed by atoms with Gasteiger partial charge in [-0.15, -0.1) is 0 Å². The number of halogens is 2. The average Bonchev–Trinajstić information content (AvgIpc) is 2.89. The van der Waals surface area contributed by atoms with E-state index < -0.39 is 0 Å². The molecule has 0 bridgehead atoms. The number of aromatic nitrogens is 4. The Hall–Kier alpha value is -2.94. The largest absolute Gasteiger partial charge is 0.390 e. The molecule has 0 spiro atoms. The van der Waals surface area contributed by atoms with Gasteiger partial charge in [0.2, 0.25) is 0 Å². The fraction of sp³-hybridized carbons (Fsp3) is 0.310. The molecule has 6 rings (SSSR count). The lowest BCUT2D eigenvalue weighted by molar-refractivity contribution is -0.00359. The van der Waals surface area contributed by atoms with Crippen molar-refractivity contribution in [1.82, 2.24) is 29.7 Å². The van der Waals surface area contributed by atoms with Gasteiger partial charge in [-0.3, -0.25) is 29.7 Å². The van der Waals surface area contributed by atoms with Crippen molar-refractivity contribution in [3.63, 3.8) is 0 Å². The van der Waals surface area contributed by atoms with Gasteiger partial charge in [0.15, 0.2) is 0 Å². The molecule has 2 aromatic heterocycles. The van der Waals surface area contributed by atoms with E-state index in [1.807, 2.05) is 42.6 Å². The summed E-state index contributed by atoms with van der Waals surface area (Å²) in [4.78, 5) is 23.0. The zero-order valence-corrected chi connectivity index (χ0v) is 22.6. The third-order valence-corrected chi connectivity index (χ3v) is 7.91. The summed E-state index contributed by atoms with van der Waals surface area (Å²) >= 11 is 13.9. The number of hydrogen-bond acceptors (Lipinski definition) is 7. The third kappa shape index (κ3) is 5.17. The summed E-state index contributed by atoms with van der Waals surface area (Å²) in [7, 11) is 0. The normalized spacial score (nSPS) is 16.8. The average molecular weight is 547 g/mol. The van der Waals surface area contributed by atoms with Crippen LogP contribution in [0.2, 0.25) is 10.0 Å². The molecule has 0 unspecified atom stereocenters. The number of aliphatic hydroxyl groups is 1. The Morgan fingerprint density at radius 1 is 0.684 bits per heavy atom. The number of hydrogen-bond donors (Lipinski definition) is 1. The molecule has 2 aromatic carbocycles. The van der Waals surface area contributed by atoms with Gasteiger partial charge in [-0.2, -0.15) is 0 Å². The lowest BCUT2D eigenvalue weighted by Gasteiger charge is -2.36. The van der Waals surface area contributed by atoms with Gasteiger partial charge in [0.25, 0.3) is 0 Å². The highest BCUT2D eigenvalue weighted by atomic mass is 35.5. The predicted octanol–water partition coefficient (Wildman–Crippen LogP) is 5.20. The summed E-state index contributed by atoms with van der Waals surface area (Å²) in [5.41, 5.74) is 6.45. The van der Waals surface area contributed by atoms with Crippen molar-refractivity contribution in [2.75, 3.05) is 26.2 Å². The van der Waals surface area contributed by atoms with Crippen LogP contribution in [0, 0.1) is 5.92 Å². The molecule has 2 aliphatic rings. The van der Waals surface area contributed by atoms with Crippen molar-refractivity contribution < 1.29 is 5.11 Å². The first kappa shape index (κ1) is 25.3. The lowest BCUT2D eigenvalue weighted by Crippen LogP contribution is -2.49. The van der Waals surface area contributed by atoms with Crippen molar-refractivity contribution in [3.05, 3.63) is 82.6 Å². The van der Waals surface area contributed by atoms with E-state index in [4.69, 9.17) is 23.2 Å². The molecule has 2 saturated heterocycles. The van der Waals surface area contributed by atoms with E-state index in [0.29, 0.717) is 35.4 Å². The monoisotopic (exact) mass is 546 g/mol. The lowest BCUT2D eigenvalue weighted by atomic mass is 9.98. The van der Waals surface area contributed by atoms with Gasteiger partial charge < -0.3 is 5.11 Å². The molecule has 4 heterocycles. The summed E-state index contributed by atoms with van der Waals surface area (Å²) in [5.74, 6) is 0.756. The van der Waals surface area contributed by atoms with Crippen LogP contribution in [-0.2, 0) is 13.1 Å². The highest BCUT2D eigenvalue weighted by Gasteiger charge is 2.25. The molecule has 7 nitrogen and oxygen atoms in total. The minimum atomic E-state index is -0.236. The fourth-order valence-electron chi connectivity index (χ4n) is 5.11. The Morgan fingerprint density at radius 3 is 1.53 bits per heavy atom. The molecule has 38 heavy (non-hydrogen) atoms. The molecule has 0 saturated carbocycles. The van der Waals surface area contributed by atoms with Crippen LogP contribution in [0.4, 0.5) is 0 Å². The molecule has 0 radical (unpaired) electrons. The highest BCUT2D eigenvalue weighted by molar-refractivity contribution is 6.39. The molecular formula is C29H28Cl2N6O. The van der Waals surface area contributed by atoms with Crippen LogP contribution in [0.1, 0.15) is 18.3 Å². The van der Waals surface area contributed by atoms with Gasteiger partial charge >= 0.3 is 0 Å². The zero-order chi connectivity index (χ0) is 26.2. The first-order valence-corrected chi connectivity index (χ1v) is 13.5. The van der Waals surface area contributed by atoms with Crippen LogP contribution in [0.3, 0.4) is 0 Å². The molecule has 1 N–H and O–H groups in total.